The van der Waals surface area contributed by atoms with Gasteiger partial charge in [0.15, 0.2) is 0 Å². The molecular weight excluding hydrogens is 278 g/mol. The van der Waals surface area contributed by atoms with Crippen LogP contribution in [0.4, 0.5) is 8.78 Å². The maximum Gasteiger partial charge on any atom is 0.126 e. The van der Waals surface area contributed by atoms with Gasteiger partial charge < -0.3 is 0 Å². The Balaban J connectivity index is 2.86. The highest BCUT2D eigenvalue weighted by molar-refractivity contribution is 5.73. The first-order valence-electron chi connectivity index (χ1n) is 7.60. The molecule has 0 amide bonds. The fourth-order valence-electron chi connectivity index (χ4n) is 2.81. The third-order valence-electron chi connectivity index (χ3n) is 3.83. The molecular formula is C20H24F2. The first-order valence-corrected chi connectivity index (χ1v) is 7.60. The highest BCUT2D eigenvalue weighted by Crippen LogP contribution is 2.40. The van der Waals surface area contributed by atoms with E-state index >= 15 is 0 Å². The summed E-state index contributed by atoms with van der Waals surface area (Å²) >= 11 is 0. The van der Waals surface area contributed by atoms with Gasteiger partial charge in [-0.1, -0.05) is 59.7 Å². The minimum atomic E-state index is -0.543. The van der Waals surface area contributed by atoms with Crippen molar-refractivity contribution in [2.24, 2.45) is 0 Å². The molecule has 0 radical (unpaired) electrons. The van der Waals surface area contributed by atoms with E-state index in [2.05, 4.69) is 41.5 Å². The van der Waals surface area contributed by atoms with Crippen LogP contribution in [-0.2, 0) is 10.8 Å². The highest BCUT2D eigenvalue weighted by Gasteiger charge is 2.26. The van der Waals surface area contributed by atoms with Gasteiger partial charge in [-0.15, -0.1) is 0 Å². The molecule has 0 unspecified atom stereocenters. The lowest BCUT2D eigenvalue weighted by molar-refractivity contribution is 0.568. The van der Waals surface area contributed by atoms with Gasteiger partial charge in [0.2, 0.25) is 0 Å². The average Bonchev–Trinajstić information content (AvgIpc) is 2.34. The van der Waals surface area contributed by atoms with Crippen molar-refractivity contribution in [3.05, 3.63) is 59.2 Å². The Hall–Kier alpha value is -1.70. The molecule has 0 nitrogen and oxygen atoms in total. The topological polar surface area (TPSA) is 0 Å². The molecule has 22 heavy (non-hydrogen) atoms. The molecule has 0 aliphatic heterocycles. The molecule has 0 atom stereocenters. The third-order valence-corrected chi connectivity index (χ3v) is 3.83. The van der Waals surface area contributed by atoms with Crippen LogP contribution in [0.25, 0.3) is 11.1 Å². The van der Waals surface area contributed by atoms with Crippen LogP contribution in [0.15, 0.2) is 36.4 Å². The first-order chi connectivity index (χ1) is 10.00. The molecule has 0 fully saturated rings. The molecule has 0 aromatic heterocycles. The zero-order valence-corrected chi connectivity index (χ0v) is 14.2. The normalized spacial score (nSPS) is 12.5. The van der Waals surface area contributed by atoms with Gasteiger partial charge in [-0.25, -0.2) is 8.78 Å². The third kappa shape index (κ3) is 3.37. The van der Waals surface area contributed by atoms with Crippen LogP contribution in [0.3, 0.4) is 0 Å². The molecule has 2 heteroatoms. The second kappa shape index (κ2) is 5.49. The summed E-state index contributed by atoms with van der Waals surface area (Å²) in [6, 6.07) is 9.88. The summed E-state index contributed by atoms with van der Waals surface area (Å²) in [4.78, 5) is 0. The van der Waals surface area contributed by atoms with Gasteiger partial charge in [-0.2, -0.15) is 0 Å². The Kier molecular flexibility index (Phi) is 4.16. The van der Waals surface area contributed by atoms with E-state index in [1.54, 1.807) is 0 Å². The van der Waals surface area contributed by atoms with Crippen LogP contribution >= 0.6 is 0 Å². The second-order valence-electron chi connectivity index (χ2n) is 7.89. The largest absolute Gasteiger partial charge is 0.207 e. The number of halogens is 2. The zero-order valence-electron chi connectivity index (χ0n) is 14.2. The van der Waals surface area contributed by atoms with Crippen molar-refractivity contribution in [2.75, 3.05) is 0 Å². The molecule has 0 saturated heterocycles. The quantitative estimate of drug-likeness (QED) is 0.586. The Bertz CT molecular complexity index is 633. The number of benzene rings is 2. The van der Waals surface area contributed by atoms with Crippen molar-refractivity contribution in [3.8, 4) is 11.1 Å². The average molecular weight is 302 g/mol. The number of hydrogen-bond acceptors (Lipinski definition) is 0. The molecule has 0 saturated carbocycles. The molecule has 0 aliphatic carbocycles. The molecule has 2 aromatic carbocycles. The van der Waals surface area contributed by atoms with Crippen LogP contribution < -0.4 is 0 Å². The Morgan fingerprint density at radius 2 is 1.09 bits per heavy atom. The zero-order chi connectivity index (χ0) is 16.7. The molecule has 0 heterocycles. The van der Waals surface area contributed by atoms with Crippen LogP contribution in [0.2, 0.25) is 0 Å². The fraction of sp³-hybridized carbons (Fsp3) is 0.400. The predicted molar refractivity (Wildman–Crippen MR) is 89.2 cm³/mol. The lowest BCUT2D eigenvalue weighted by Crippen LogP contribution is -2.19. The van der Waals surface area contributed by atoms with E-state index in [1.165, 1.54) is 12.1 Å². The van der Waals surface area contributed by atoms with Gasteiger partial charge in [0.1, 0.15) is 11.6 Å². The van der Waals surface area contributed by atoms with Crippen molar-refractivity contribution >= 4 is 0 Å². The summed E-state index contributed by atoms with van der Waals surface area (Å²) in [5, 5.41) is 0. The van der Waals surface area contributed by atoms with E-state index in [1.807, 2.05) is 18.2 Å². The van der Waals surface area contributed by atoms with Crippen molar-refractivity contribution < 1.29 is 8.78 Å². The highest BCUT2D eigenvalue weighted by atomic mass is 19.1. The summed E-state index contributed by atoms with van der Waals surface area (Å²) in [5.74, 6) is -1.09. The van der Waals surface area contributed by atoms with Crippen molar-refractivity contribution in [2.45, 2.75) is 52.4 Å². The lowest BCUT2D eigenvalue weighted by atomic mass is 9.74. The van der Waals surface area contributed by atoms with Crippen molar-refractivity contribution in [1.82, 2.24) is 0 Å². The van der Waals surface area contributed by atoms with Gasteiger partial charge in [0.05, 0.1) is 0 Å². The van der Waals surface area contributed by atoms with Crippen LogP contribution in [0.1, 0.15) is 52.7 Å². The minimum absolute atomic E-state index is 0.112. The van der Waals surface area contributed by atoms with Crippen LogP contribution in [0.5, 0.6) is 0 Å². The lowest BCUT2D eigenvalue weighted by Gasteiger charge is -2.30. The maximum absolute atomic E-state index is 13.7. The van der Waals surface area contributed by atoms with E-state index in [4.69, 9.17) is 0 Å². The van der Waals surface area contributed by atoms with Crippen LogP contribution in [-0.4, -0.2) is 0 Å². The first kappa shape index (κ1) is 16.7. The van der Waals surface area contributed by atoms with E-state index in [-0.39, 0.29) is 10.8 Å². The SMILES string of the molecule is CC(C)(C)c1cccc(C(C)(C)C)c1-c1cc(F)cc(F)c1. The Labute approximate surface area is 132 Å². The molecule has 0 spiro atoms. The van der Waals surface area contributed by atoms with Crippen molar-refractivity contribution in [1.29, 1.82) is 0 Å². The van der Waals surface area contributed by atoms with E-state index < -0.39 is 11.6 Å². The van der Waals surface area contributed by atoms with Gasteiger partial charge in [0.25, 0.3) is 0 Å². The summed E-state index contributed by atoms with van der Waals surface area (Å²) in [5.41, 5.74) is 3.53. The second-order valence-corrected chi connectivity index (χ2v) is 7.89. The van der Waals surface area contributed by atoms with Gasteiger partial charge in [-0.3, -0.25) is 0 Å². The Morgan fingerprint density at radius 3 is 1.45 bits per heavy atom. The monoisotopic (exact) mass is 302 g/mol. The Morgan fingerprint density at radius 1 is 0.682 bits per heavy atom. The molecule has 0 N–H and O–H groups in total. The summed E-state index contributed by atoms with van der Waals surface area (Å²) in [6.45, 7) is 12.7. The van der Waals surface area contributed by atoms with E-state index in [0.717, 1.165) is 22.8 Å². The van der Waals surface area contributed by atoms with Crippen molar-refractivity contribution in [3.63, 3.8) is 0 Å². The summed E-state index contributed by atoms with van der Waals surface area (Å²) in [7, 11) is 0. The maximum atomic E-state index is 13.7. The van der Waals surface area contributed by atoms with Gasteiger partial charge >= 0.3 is 0 Å². The molecule has 118 valence electrons. The summed E-state index contributed by atoms with van der Waals surface area (Å²) in [6.07, 6.45) is 0. The summed E-state index contributed by atoms with van der Waals surface area (Å²) < 4.78 is 27.5. The fourth-order valence-corrected chi connectivity index (χ4v) is 2.81. The van der Waals surface area contributed by atoms with Crippen LogP contribution in [0, 0.1) is 11.6 Å². The van der Waals surface area contributed by atoms with Gasteiger partial charge in [0, 0.05) is 6.07 Å². The predicted octanol–water partition coefficient (Wildman–Crippen LogP) is 6.23. The molecule has 0 bridgehead atoms. The van der Waals surface area contributed by atoms with E-state index in [9.17, 15) is 8.78 Å². The number of hydrogen-bond donors (Lipinski definition) is 0. The smallest absolute Gasteiger partial charge is 0.126 e. The number of rotatable bonds is 1. The van der Waals surface area contributed by atoms with E-state index in [0.29, 0.717) is 5.56 Å². The standard InChI is InChI=1S/C20H24F2/c1-19(2,3)16-8-7-9-17(20(4,5)6)18(16)13-10-14(21)12-15(22)11-13/h7-12H,1-6H3. The minimum Gasteiger partial charge on any atom is -0.207 e. The molecule has 0 aliphatic rings. The molecule has 2 aromatic rings. The van der Waals surface area contributed by atoms with Gasteiger partial charge in [-0.05, 0) is 45.2 Å². The molecule has 2 rings (SSSR count).